The number of hydrogen-bond donors (Lipinski definition) is 1. The molecule has 2 aromatic rings. The number of benzene rings is 1. The molecule has 1 aromatic heterocycles. The van der Waals surface area contributed by atoms with Crippen LogP contribution in [-0.2, 0) is 0 Å². The summed E-state index contributed by atoms with van der Waals surface area (Å²) >= 11 is 0. The molecule has 1 heterocycles. The van der Waals surface area contributed by atoms with Gasteiger partial charge in [-0.05, 0) is 38.5 Å². The predicted molar refractivity (Wildman–Crippen MR) is 80.2 cm³/mol. The number of aromatic nitrogens is 2. The van der Waals surface area contributed by atoms with Crippen molar-refractivity contribution in [2.45, 2.75) is 20.8 Å². The number of anilines is 3. The van der Waals surface area contributed by atoms with Crippen LogP contribution in [0, 0.1) is 13.8 Å². The van der Waals surface area contributed by atoms with Gasteiger partial charge in [0.25, 0.3) is 0 Å². The molecule has 2 rings (SSSR count). The van der Waals surface area contributed by atoms with Gasteiger partial charge in [-0.1, -0.05) is 12.1 Å². The molecule has 0 aliphatic heterocycles. The molecule has 0 radical (unpaired) electrons. The van der Waals surface area contributed by atoms with Crippen LogP contribution in [0.15, 0.2) is 30.3 Å². The lowest BCUT2D eigenvalue weighted by Crippen LogP contribution is -2.14. The number of nitrogens with zero attached hydrogens (tertiary/aromatic N) is 3. The molecule has 100 valence electrons. The minimum atomic E-state index is 0.678. The molecule has 0 saturated carbocycles. The minimum Gasteiger partial charge on any atom is -0.354 e. The summed E-state index contributed by atoms with van der Waals surface area (Å²) in [5.74, 6) is 1.58. The fourth-order valence-corrected chi connectivity index (χ4v) is 1.93. The van der Waals surface area contributed by atoms with Crippen LogP contribution in [0.2, 0.25) is 0 Å². The molecule has 19 heavy (non-hydrogen) atoms. The minimum absolute atomic E-state index is 0.678. The summed E-state index contributed by atoms with van der Waals surface area (Å²) in [5.41, 5.74) is 3.32. The van der Waals surface area contributed by atoms with Crippen LogP contribution in [0.1, 0.15) is 18.2 Å². The van der Waals surface area contributed by atoms with Crippen LogP contribution in [0.3, 0.4) is 0 Å². The Kier molecular flexibility index (Phi) is 4.00. The van der Waals surface area contributed by atoms with E-state index in [0.717, 1.165) is 23.7 Å². The second-order valence-corrected chi connectivity index (χ2v) is 4.62. The van der Waals surface area contributed by atoms with Crippen LogP contribution in [0.25, 0.3) is 0 Å². The molecule has 0 unspecified atom stereocenters. The summed E-state index contributed by atoms with van der Waals surface area (Å²) in [6.07, 6.45) is 0. The van der Waals surface area contributed by atoms with Crippen molar-refractivity contribution in [1.29, 1.82) is 0 Å². The van der Waals surface area contributed by atoms with E-state index >= 15 is 0 Å². The van der Waals surface area contributed by atoms with E-state index in [2.05, 4.69) is 51.4 Å². The molecule has 0 aliphatic carbocycles. The Morgan fingerprint density at radius 2 is 1.95 bits per heavy atom. The van der Waals surface area contributed by atoms with Gasteiger partial charge >= 0.3 is 0 Å². The SMILES string of the molecule is CCNc1nc(C)cc(N(C)c2cccc(C)c2)n1. The lowest BCUT2D eigenvalue weighted by molar-refractivity contribution is 1.02. The lowest BCUT2D eigenvalue weighted by atomic mass is 10.2. The molecular weight excluding hydrogens is 236 g/mol. The monoisotopic (exact) mass is 256 g/mol. The maximum absolute atomic E-state index is 4.53. The fourth-order valence-electron chi connectivity index (χ4n) is 1.93. The van der Waals surface area contributed by atoms with Gasteiger partial charge in [-0.2, -0.15) is 4.98 Å². The Labute approximate surface area is 114 Å². The largest absolute Gasteiger partial charge is 0.354 e. The van der Waals surface area contributed by atoms with E-state index in [1.54, 1.807) is 0 Å². The molecule has 4 heteroatoms. The Morgan fingerprint density at radius 3 is 2.63 bits per heavy atom. The average molecular weight is 256 g/mol. The van der Waals surface area contributed by atoms with Crippen molar-refractivity contribution >= 4 is 17.5 Å². The molecule has 0 atom stereocenters. The predicted octanol–water partition coefficient (Wildman–Crippen LogP) is 3.29. The number of hydrogen-bond acceptors (Lipinski definition) is 4. The van der Waals surface area contributed by atoms with Gasteiger partial charge in [-0.25, -0.2) is 4.98 Å². The third kappa shape index (κ3) is 3.22. The molecule has 0 aliphatic rings. The van der Waals surface area contributed by atoms with Crippen molar-refractivity contribution in [3.63, 3.8) is 0 Å². The van der Waals surface area contributed by atoms with E-state index in [0.29, 0.717) is 5.95 Å². The van der Waals surface area contributed by atoms with Crippen molar-refractivity contribution in [3.05, 3.63) is 41.6 Å². The van der Waals surface area contributed by atoms with Crippen LogP contribution >= 0.6 is 0 Å². The first-order valence-electron chi connectivity index (χ1n) is 6.50. The fraction of sp³-hybridized carbons (Fsp3) is 0.333. The van der Waals surface area contributed by atoms with Gasteiger partial charge < -0.3 is 10.2 Å². The third-order valence-corrected chi connectivity index (χ3v) is 2.91. The summed E-state index contributed by atoms with van der Waals surface area (Å²) in [6, 6.07) is 10.4. The van der Waals surface area contributed by atoms with Crippen molar-refractivity contribution in [3.8, 4) is 0 Å². The highest BCUT2D eigenvalue weighted by atomic mass is 15.2. The van der Waals surface area contributed by atoms with Gasteiger partial charge in [-0.3, -0.25) is 0 Å². The maximum atomic E-state index is 4.53. The Balaban J connectivity index is 2.35. The molecule has 0 saturated heterocycles. The zero-order valence-electron chi connectivity index (χ0n) is 11.9. The highest BCUT2D eigenvalue weighted by molar-refractivity contribution is 5.61. The molecule has 0 amide bonds. The van der Waals surface area contributed by atoms with E-state index in [1.807, 2.05) is 27.0 Å². The van der Waals surface area contributed by atoms with Crippen molar-refractivity contribution < 1.29 is 0 Å². The molecule has 0 fully saturated rings. The maximum Gasteiger partial charge on any atom is 0.224 e. The van der Waals surface area contributed by atoms with E-state index in [4.69, 9.17) is 0 Å². The first-order valence-corrected chi connectivity index (χ1v) is 6.50. The van der Waals surface area contributed by atoms with Crippen LogP contribution in [-0.4, -0.2) is 23.6 Å². The van der Waals surface area contributed by atoms with Crippen LogP contribution < -0.4 is 10.2 Å². The lowest BCUT2D eigenvalue weighted by Gasteiger charge is -2.19. The smallest absolute Gasteiger partial charge is 0.224 e. The number of aryl methyl sites for hydroxylation is 2. The van der Waals surface area contributed by atoms with E-state index in [-0.39, 0.29) is 0 Å². The van der Waals surface area contributed by atoms with Crippen molar-refractivity contribution in [1.82, 2.24) is 9.97 Å². The summed E-state index contributed by atoms with van der Waals surface area (Å²) in [7, 11) is 2.02. The summed E-state index contributed by atoms with van der Waals surface area (Å²) in [4.78, 5) is 11.0. The van der Waals surface area contributed by atoms with Gasteiger partial charge in [-0.15, -0.1) is 0 Å². The molecular formula is C15H20N4. The van der Waals surface area contributed by atoms with Crippen LogP contribution in [0.5, 0.6) is 0 Å². The Bertz CT molecular complexity index is 566. The standard InChI is InChI=1S/C15H20N4/c1-5-16-15-17-12(3)10-14(18-15)19(4)13-8-6-7-11(2)9-13/h6-10H,5H2,1-4H3,(H,16,17,18). The van der Waals surface area contributed by atoms with Gasteiger partial charge in [0.1, 0.15) is 5.82 Å². The van der Waals surface area contributed by atoms with E-state index in [9.17, 15) is 0 Å². The quantitative estimate of drug-likeness (QED) is 0.911. The van der Waals surface area contributed by atoms with Gasteiger partial charge in [0, 0.05) is 31.0 Å². The zero-order valence-corrected chi connectivity index (χ0v) is 11.9. The topological polar surface area (TPSA) is 41.1 Å². The van der Waals surface area contributed by atoms with Crippen LogP contribution in [0.4, 0.5) is 17.5 Å². The molecule has 0 bridgehead atoms. The highest BCUT2D eigenvalue weighted by Gasteiger charge is 2.08. The van der Waals surface area contributed by atoms with Gasteiger partial charge in [0.2, 0.25) is 5.95 Å². The van der Waals surface area contributed by atoms with Gasteiger partial charge in [0.05, 0.1) is 0 Å². The van der Waals surface area contributed by atoms with Crippen molar-refractivity contribution in [2.75, 3.05) is 23.8 Å². The number of nitrogens with one attached hydrogen (secondary N) is 1. The first-order chi connectivity index (χ1) is 9.10. The third-order valence-electron chi connectivity index (χ3n) is 2.91. The summed E-state index contributed by atoms with van der Waals surface area (Å²) < 4.78 is 0. The van der Waals surface area contributed by atoms with Crippen molar-refractivity contribution in [2.24, 2.45) is 0 Å². The number of rotatable bonds is 4. The molecule has 1 N–H and O–H groups in total. The average Bonchev–Trinajstić information content (AvgIpc) is 2.37. The van der Waals surface area contributed by atoms with E-state index < -0.39 is 0 Å². The van der Waals surface area contributed by atoms with Gasteiger partial charge in [0.15, 0.2) is 0 Å². The Morgan fingerprint density at radius 1 is 1.16 bits per heavy atom. The first kappa shape index (κ1) is 13.3. The Hall–Kier alpha value is -2.10. The molecule has 4 nitrogen and oxygen atoms in total. The zero-order chi connectivity index (χ0) is 13.8. The molecule has 1 aromatic carbocycles. The molecule has 0 spiro atoms. The van der Waals surface area contributed by atoms with E-state index in [1.165, 1.54) is 5.56 Å². The normalized spacial score (nSPS) is 10.3. The second kappa shape index (κ2) is 5.69. The highest BCUT2D eigenvalue weighted by Crippen LogP contribution is 2.23. The summed E-state index contributed by atoms with van der Waals surface area (Å²) in [6.45, 7) is 6.93. The second-order valence-electron chi connectivity index (χ2n) is 4.62. The summed E-state index contributed by atoms with van der Waals surface area (Å²) in [5, 5.41) is 3.16.